The lowest BCUT2D eigenvalue weighted by molar-refractivity contribution is 0.102. The number of pyridine rings is 2. The smallest absolute Gasteiger partial charge is 0.257 e. The van der Waals surface area contributed by atoms with Gasteiger partial charge in [0.15, 0.2) is 17.0 Å². The van der Waals surface area contributed by atoms with Crippen LogP contribution < -0.4 is 10.1 Å². The maximum absolute atomic E-state index is 12.5. The molecule has 0 aliphatic heterocycles. The third kappa shape index (κ3) is 3.32. The van der Waals surface area contributed by atoms with Crippen LogP contribution in [0.25, 0.3) is 22.7 Å². The molecule has 0 aliphatic rings. The van der Waals surface area contributed by atoms with Gasteiger partial charge in [0.05, 0.1) is 23.4 Å². The second kappa shape index (κ2) is 7.05. The standard InChI is InChI=1S/C19H13ClN4O3/c1-26-16-13(20)8-12(19-24-17-15(27-19)5-3-7-22-17)9-14(16)23-18(25)11-4-2-6-21-10-11/h2-10H,1H3,(H,23,25). The van der Waals surface area contributed by atoms with Crippen LogP contribution in [-0.2, 0) is 0 Å². The Hall–Kier alpha value is -3.45. The molecule has 1 amide bonds. The van der Waals surface area contributed by atoms with Crippen LogP contribution in [0.3, 0.4) is 0 Å². The molecule has 134 valence electrons. The van der Waals surface area contributed by atoms with Crippen molar-refractivity contribution in [2.45, 2.75) is 0 Å². The van der Waals surface area contributed by atoms with Crippen LogP contribution in [0.5, 0.6) is 5.75 Å². The lowest BCUT2D eigenvalue weighted by atomic mass is 10.1. The van der Waals surface area contributed by atoms with Gasteiger partial charge in [-0.05, 0) is 36.4 Å². The third-order valence-corrected chi connectivity index (χ3v) is 4.11. The number of nitrogens with zero attached hydrogens (tertiary/aromatic N) is 3. The number of amides is 1. The van der Waals surface area contributed by atoms with E-state index in [1.165, 1.54) is 13.3 Å². The SMILES string of the molecule is COc1c(Cl)cc(-c2nc3ncccc3o2)cc1NC(=O)c1cccnc1. The van der Waals surface area contributed by atoms with Gasteiger partial charge in [0.1, 0.15) is 0 Å². The molecule has 0 unspecified atom stereocenters. The van der Waals surface area contributed by atoms with Crippen LogP contribution in [0, 0.1) is 0 Å². The number of oxazole rings is 1. The zero-order valence-electron chi connectivity index (χ0n) is 14.1. The number of carbonyl (C=O) groups is 1. The lowest BCUT2D eigenvalue weighted by Crippen LogP contribution is -2.13. The summed E-state index contributed by atoms with van der Waals surface area (Å²) < 4.78 is 11.1. The zero-order valence-corrected chi connectivity index (χ0v) is 14.9. The Morgan fingerprint density at radius 2 is 2.07 bits per heavy atom. The molecule has 4 aromatic rings. The van der Waals surface area contributed by atoms with Crippen molar-refractivity contribution < 1.29 is 13.9 Å². The van der Waals surface area contributed by atoms with Crippen molar-refractivity contribution >= 4 is 34.4 Å². The topological polar surface area (TPSA) is 90.1 Å². The number of hydrogen-bond donors (Lipinski definition) is 1. The molecule has 0 saturated heterocycles. The minimum absolute atomic E-state index is 0.312. The van der Waals surface area contributed by atoms with Gasteiger partial charge >= 0.3 is 0 Å². The molecule has 7 nitrogen and oxygen atoms in total. The van der Waals surface area contributed by atoms with Crippen LogP contribution in [0.1, 0.15) is 10.4 Å². The maximum atomic E-state index is 12.5. The minimum atomic E-state index is -0.339. The van der Waals surface area contributed by atoms with Gasteiger partial charge in [-0.2, -0.15) is 4.98 Å². The highest BCUT2D eigenvalue weighted by Crippen LogP contribution is 2.38. The molecule has 4 rings (SSSR count). The summed E-state index contributed by atoms with van der Waals surface area (Å²) in [6.45, 7) is 0. The molecule has 0 spiro atoms. The number of methoxy groups -OCH3 is 1. The molecule has 1 aromatic carbocycles. The Bertz CT molecular complexity index is 1100. The maximum Gasteiger partial charge on any atom is 0.257 e. The van der Waals surface area contributed by atoms with E-state index in [0.29, 0.717) is 44.7 Å². The summed E-state index contributed by atoms with van der Waals surface area (Å²) in [6.07, 6.45) is 4.70. The molecule has 0 fully saturated rings. The fourth-order valence-corrected chi connectivity index (χ4v) is 2.90. The average molecular weight is 381 g/mol. The second-order valence-electron chi connectivity index (χ2n) is 5.58. The molecule has 3 heterocycles. The van der Waals surface area contributed by atoms with E-state index < -0.39 is 0 Å². The van der Waals surface area contributed by atoms with E-state index in [2.05, 4.69) is 20.3 Å². The number of anilines is 1. The summed E-state index contributed by atoms with van der Waals surface area (Å²) in [5, 5.41) is 3.10. The number of nitrogens with one attached hydrogen (secondary N) is 1. The van der Waals surface area contributed by atoms with E-state index in [1.807, 2.05) is 0 Å². The number of ether oxygens (including phenoxy) is 1. The number of rotatable bonds is 4. The van der Waals surface area contributed by atoms with Crippen molar-refractivity contribution in [1.29, 1.82) is 0 Å². The summed E-state index contributed by atoms with van der Waals surface area (Å²) in [5.41, 5.74) is 2.43. The highest BCUT2D eigenvalue weighted by atomic mass is 35.5. The largest absolute Gasteiger partial charge is 0.493 e. The first-order valence-corrected chi connectivity index (χ1v) is 8.34. The quantitative estimate of drug-likeness (QED) is 0.570. The van der Waals surface area contributed by atoms with E-state index in [9.17, 15) is 4.79 Å². The summed E-state index contributed by atoms with van der Waals surface area (Å²) >= 11 is 6.34. The Morgan fingerprint density at radius 3 is 2.81 bits per heavy atom. The molecule has 1 N–H and O–H groups in total. The fraction of sp³-hybridized carbons (Fsp3) is 0.0526. The first-order chi connectivity index (χ1) is 13.2. The van der Waals surface area contributed by atoms with E-state index in [4.69, 9.17) is 20.8 Å². The second-order valence-corrected chi connectivity index (χ2v) is 5.99. The Balaban J connectivity index is 1.75. The van der Waals surface area contributed by atoms with E-state index in [0.717, 1.165) is 0 Å². The number of fused-ring (bicyclic) bond motifs is 1. The van der Waals surface area contributed by atoms with Gasteiger partial charge in [0, 0.05) is 24.2 Å². The van der Waals surface area contributed by atoms with Crippen LogP contribution in [0.4, 0.5) is 5.69 Å². The Labute approximate surface area is 159 Å². The van der Waals surface area contributed by atoms with Crippen molar-refractivity contribution in [3.8, 4) is 17.2 Å². The number of halogens is 1. The number of hydrogen-bond acceptors (Lipinski definition) is 6. The highest BCUT2D eigenvalue weighted by molar-refractivity contribution is 6.33. The third-order valence-electron chi connectivity index (χ3n) is 3.83. The molecule has 0 radical (unpaired) electrons. The van der Waals surface area contributed by atoms with E-state index in [1.54, 1.807) is 48.8 Å². The van der Waals surface area contributed by atoms with E-state index in [-0.39, 0.29) is 5.91 Å². The molecule has 27 heavy (non-hydrogen) atoms. The van der Waals surface area contributed by atoms with E-state index >= 15 is 0 Å². The Kier molecular flexibility index (Phi) is 4.43. The van der Waals surface area contributed by atoms with Gasteiger partial charge in [-0.1, -0.05) is 11.6 Å². The molecule has 3 aromatic heterocycles. The number of benzene rings is 1. The average Bonchev–Trinajstić information content (AvgIpc) is 3.13. The van der Waals surface area contributed by atoms with Gasteiger partial charge in [0.2, 0.25) is 5.89 Å². The molecular weight excluding hydrogens is 368 g/mol. The zero-order chi connectivity index (χ0) is 18.8. The molecule has 0 saturated carbocycles. The highest BCUT2D eigenvalue weighted by Gasteiger charge is 2.17. The van der Waals surface area contributed by atoms with Crippen LogP contribution in [-0.4, -0.2) is 28.0 Å². The molecule has 0 aliphatic carbocycles. The summed E-state index contributed by atoms with van der Waals surface area (Å²) in [5.74, 6) is 0.339. The number of aromatic nitrogens is 3. The summed E-state index contributed by atoms with van der Waals surface area (Å²) in [7, 11) is 1.48. The summed E-state index contributed by atoms with van der Waals surface area (Å²) in [4.78, 5) is 24.9. The first-order valence-electron chi connectivity index (χ1n) is 7.96. The van der Waals surface area contributed by atoms with Crippen LogP contribution >= 0.6 is 11.6 Å². The molecule has 0 bridgehead atoms. The van der Waals surface area contributed by atoms with Gasteiger partial charge in [-0.15, -0.1) is 0 Å². The summed E-state index contributed by atoms with van der Waals surface area (Å²) in [6, 6.07) is 10.2. The van der Waals surface area contributed by atoms with Gasteiger partial charge in [-0.3, -0.25) is 9.78 Å². The van der Waals surface area contributed by atoms with Gasteiger partial charge in [0.25, 0.3) is 5.91 Å². The predicted molar refractivity (Wildman–Crippen MR) is 101 cm³/mol. The predicted octanol–water partition coefficient (Wildman–Crippen LogP) is 4.20. The molecular formula is C19H13ClN4O3. The number of carbonyl (C=O) groups excluding carboxylic acids is 1. The van der Waals surface area contributed by atoms with Crippen molar-refractivity contribution in [3.63, 3.8) is 0 Å². The monoisotopic (exact) mass is 380 g/mol. The molecule has 0 atom stereocenters. The van der Waals surface area contributed by atoms with Crippen molar-refractivity contribution in [2.24, 2.45) is 0 Å². The fourth-order valence-electron chi connectivity index (χ4n) is 2.60. The van der Waals surface area contributed by atoms with Gasteiger partial charge < -0.3 is 14.5 Å². The van der Waals surface area contributed by atoms with Crippen LogP contribution in [0.2, 0.25) is 5.02 Å². The Morgan fingerprint density at radius 1 is 1.22 bits per heavy atom. The lowest BCUT2D eigenvalue weighted by Gasteiger charge is -2.13. The van der Waals surface area contributed by atoms with Gasteiger partial charge in [-0.25, -0.2) is 4.98 Å². The minimum Gasteiger partial charge on any atom is -0.493 e. The van der Waals surface area contributed by atoms with Crippen molar-refractivity contribution in [3.05, 3.63) is 65.6 Å². The molecule has 8 heteroatoms. The van der Waals surface area contributed by atoms with Crippen molar-refractivity contribution in [2.75, 3.05) is 12.4 Å². The van der Waals surface area contributed by atoms with Crippen molar-refractivity contribution in [1.82, 2.24) is 15.0 Å². The normalized spacial score (nSPS) is 10.7. The van der Waals surface area contributed by atoms with Crippen LogP contribution in [0.15, 0.2) is 59.4 Å². The first kappa shape index (κ1) is 17.0.